The number of nitrogens with zero attached hydrogens (tertiary/aromatic N) is 5. The summed E-state index contributed by atoms with van der Waals surface area (Å²) >= 11 is 0. The van der Waals surface area contributed by atoms with E-state index in [1.807, 2.05) is 66.7 Å². The summed E-state index contributed by atoms with van der Waals surface area (Å²) in [5, 5.41) is 24.5. The van der Waals surface area contributed by atoms with Gasteiger partial charge in [0.15, 0.2) is 5.69 Å². The molecule has 0 bridgehead atoms. The lowest BCUT2D eigenvalue weighted by Crippen LogP contribution is -1.98. The highest BCUT2D eigenvalue weighted by atomic mass is 15.0. The van der Waals surface area contributed by atoms with Gasteiger partial charge in [-0.15, -0.1) is 0 Å². The molecule has 0 spiro atoms. The van der Waals surface area contributed by atoms with E-state index in [1.54, 1.807) is 6.07 Å². The van der Waals surface area contributed by atoms with Gasteiger partial charge in [0, 0.05) is 38.4 Å². The van der Waals surface area contributed by atoms with Crippen molar-refractivity contribution in [2.75, 3.05) is 0 Å². The van der Waals surface area contributed by atoms with Gasteiger partial charge >= 0.3 is 0 Å². The van der Waals surface area contributed by atoms with Crippen LogP contribution in [0, 0.1) is 29.2 Å². The smallest absolute Gasteiger partial charge is 0.198 e. The molecule has 0 fully saturated rings. The summed E-state index contributed by atoms with van der Waals surface area (Å²) in [6, 6.07) is 55.5. The molecule has 50 heavy (non-hydrogen) atoms. The number of hydrogen-bond acceptors (Lipinski definition) is 2. The highest BCUT2D eigenvalue weighted by Gasteiger charge is 2.20. The van der Waals surface area contributed by atoms with Gasteiger partial charge < -0.3 is 9.13 Å². The van der Waals surface area contributed by atoms with Crippen molar-refractivity contribution in [2.24, 2.45) is 0 Å². The van der Waals surface area contributed by atoms with Crippen molar-refractivity contribution >= 4 is 49.3 Å². The largest absolute Gasteiger partial charge is 0.310 e. The van der Waals surface area contributed by atoms with E-state index in [2.05, 4.69) is 105 Å². The van der Waals surface area contributed by atoms with Crippen LogP contribution >= 0.6 is 0 Å². The van der Waals surface area contributed by atoms with Crippen molar-refractivity contribution in [2.45, 2.75) is 0 Å². The first-order valence-electron chi connectivity index (χ1n) is 16.3. The second kappa shape index (κ2) is 11.4. The van der Waals surface area contributed by atoms with E-state index in [9.17, 15) is 10.5 Å². The Morgan fingerprint density at radius 3 is 1.78 bits per heavy atom. The van der Waals surface area contributed by atoms with Gasteiger partial charge in [-0.3, -0.25) is 0 Å². The van der Waals surface area contributed by atoms with E-state index in [0.29, 0.717) is 22.4 Å². The Hall–Kier alpha value is -7.39. The zero-order chi connectivity index (χ0) is 33.8. The number of hydrogen-bond donors (Lipinski definition) is 0. The summed E-state index contributed by atoms with van der Waals surface area (Å²) < 4.78 is 4.39. The fourth-order valence-corrected chi connectivity index (χ4v) is 7.48. The Morgan fingerprint density at radius 2 is 1.10 bits per heavy atom. The molecule has 0 saturated carbocycles. The lowest BCUT2D eigenvalue weighted by atomic mass is 9.93. The number of aromatic nitrogens is 2. The van der Waals surface area contributed by atoms with E-state index < -0.39 is 0 Å². The monoisotopic (exact) mass is 635 g/mol. The van der Waals surface area contributed by atoms with Gasteiger partial charge in [0.25, 0.3) is 0 Å². The minimum Gasteiger partial charge on any atom is -0.310 e. The maximum atomic E-state index is 10.6. The lowest BCUT2D eigenvalue weighted by Gasteiger charge is -2.16. The topological polar surface area (TPSA) is 61.8 Å². The summed E-state index contributed by atoms with van der Waals surface area (Å²) in [4.78, 5) is 3.98. The predicted octanol–water partition coefficient (Wildman–Crippen LogP) is 11.5. The molecule has 230 valence electrons. The SMILES string of the molecule is [C-]#[N+]c1cc(-n2c3ccccc3c3cc(C#N)ccc32)cc(C#N)c1-c1cccc(-c2ccccc2-n2c3ccccc3c3ccccc32)c1. The molecule has 0 saturated heterocycles. The van der Waals surface area contributed by atoms with Crippen LogP contribution in [0.25, 0.3) is 82.1 Å². The molecule has 2 aromatic heterocycles. The predicted molar refractivity (Wildman–Crippen MR) is 202 cm³/mol. The van der Waals surface area contributed by atoms with Gasteiger partial charge in [0.05, 0.1) is 57.6 Å². The second-order valence-electron chi connectivity index (χ2n) is 12.3. The van der Waals surface area contributed by atoms with E-state index in [1.165, 1.54) is 10.8 Å². The maximum absolute atomic E-state index is 10.6. The molecule has 9 rings (SSSR count). The van der Waals surface area contributed by atoms with Crippen LogP contribution in [0.3, 0.4) is 0 Å². The van der Waals surface area contributed by atoms with Gasteiger partial charge in [-0.2, -0.15) is 10.5 Å². The first kappa shape index (κ1) is 28.8. The highest BCUT2D eigenvalue weighted by molar-refractivity contribution is 6.11. The van der Waals surface area contributed by atoms with Crippen molar-refractivity contribution in [3.63, 3.8) is 0 Å². The third-order valence-electron chi connectivity index (χ3n) is 9.59. The number of benzene rings is 7. The van der Waals surface area contributed by atoms with E-state index in [0.717, 1.165) is 60.9 Å². The standard InChI is InChI=1S/C45H25N5/c1-48-39-26-33(49-41-18-7-5-16-37(41)38-23-29(27-46)21-22-44(38)49)25-32(28-47)45(39)31-12-10-11-30(24-31)34-13-2-6-17-40(34)50-42-19-8-3-14-35(42)36-15-4-9-20-43(36)50/h2-26H. The summed E-state index contributed by atoms with van der Waals surface area (Å²) in [6.45, 7) is 8.27. The Morgan fingerprint density at radius 1 is 0.500 bits per heavy atom. The Bertz CT molecular complexity index is 2880. The summed E-state index contributed by atoms with van der Waals surface area (Å²) in [5.74, 6) is 0. The van der Waals surface area contributed by atoms with Crippen LogP contribution in [0.2, 0.25) is 0 Å². The maximum Gasteiger partial charge on any atom is 0.198 e. The lowest BCUT2D eigenvalue weighted by molar-refractivity contribution is 1.18. The average Bonchev–Trinajstić information content (AvgIpc) is 3.70. The van der Waals surface area contributed by atoms with Gasteiger partial charge in [-0.1, -0.05) is 91.0 Å². The van der Waals surface area contributed by atoms with Gasteiger partial charge in [-0.05, 0) is 71.8 Å². The molecular weight excluding hydrogens is 611 g/mol. The minimum absolute atomic E-state index is 0.395. The molecule has 0 unspecified atom stereocenters. The Kier molecular flexibility index (Phi) is 6.56. The van der Waals surface area contributed by atoms with Crippen molar-refractivity contribution in [1.82, 2.24) is 9.13 Å². The van der Waals surface area contributed by atoms with E-state index >= 15 is 0 Å². The van der Waals surface area contributed by atoms with E-state index in [-0.39, 0.29) is 0 Å². The molecule has 0 N–H and O–H groups in total. The molecule has 9 aromatic rings. The Labute approximate surface area is 288 Å². The molecule has 5 heteroatoms. The van der Waals surface area contributed by atoms with Crippen LogP contribution < -0.4 is 0 Å². The number of fused-ring (bicyclic) bond motifs is 6. The molecule has 0 atom stereocenters. The normalized spacial score (nSPS) is 11.1. The zero-order valence-corrected chi connectivity index (χ0v) is 26.7. The molecule has 0 amide bonds. The zero-order valence-electron chi connectivity index (χ0n) is 26.7. The summed E-state index contributed by atoms with van der Waals surface area (Å²) in [6.07, 6.45) is 0. The molecule has 7 aromatic carbocycles. The fraction of sp³-hybridized carbons (Fsp3) is 0. The summed E-state index contributed by atoms with van der Waals surface area (Å²) in [7, 11) is 0. The van der Waals surface area contributed by atoms with E-state index in [4.69, 9.17) is 6.57 Å². The molecule has 2 heterocycles. The van der Waals surface area contributed by atoms with Gasteiger partial charge in [-0.25, -0.2) is 4.85 Å². The highest BCUT2D eigenvalue weighted by Crippen LogP contribution is 2.42. The van der Waals surface area contributed by atoms with Gasteiger partial charge in [0.2, 0.25) is 0 Å². The van der Waals surface area contributed by atoms with Crippen molar-refractivity contribution in [3.8, 4) is 45.8 Å². The van der Waals surface area contributed by atoms with Crippen LogP contribution in [0.1, 0.15) is 11.1 Å². The van der Waals surface area contributed by atoms with Crippen LogP contribution in [0.15, 0.2) is 152 Å². The average molecular weight is 636 g/mol. The number of rotatable bonds is 4. The molecular formula is C45H25N5. The summed E-state index contributed by atoms with van der Waals surface area (Å²) in [5.41, 5.74) is 10.7. The third kappa shape index (κ3) is 4.31. The number of para-hydroxylation sites is 4. The third-order valence-corrected chi connectivity index (χ3v) is 9.59. The molecule has 0 radical (unpaired) electrons. The first-order chi connectivity index (χ1) is 24.7. The Balaban J connectivity index is 1.23. The van der Waals surface area contributed by atoms with Crippen LogP contribution in [-0.4, -0.2) is 9.13 Å². The van der Waals surface area contributed by atoms with Crippen molar-refractivity contribution in [3.05, 3.63) is 174 Å². The van der Waals surface area contributed by atoms with Crippen LogP contribution in [-0.2, 0) is 0 Å². The molecule has 0 aliphatic heterocycles. The van der Waals surface area contributed by atoms with Crippen molar-refractivity contribution in [1.29, 1.82) is 10.5 Å². The van der Waals surface area contributed by atoms with Crippen molar-refractivity contribution < 1.29 is 0 Å². The second-order valence-corrected chi connectivity index (χ2v) is 12.3. The fourth-order valence-electron chi connectivity index (χ4n) is 7.48. The number of nitriles is 2. The van der Waals surface area contributed by atoms with Crippen LogP contribution in [0.5, 0.6) is 0 Å². The minimum atomic E-state index is 0.395. The molecule has 5 nitrogen and oxygen atoms in total. The van der Waals surface area contributed by atoms with Gasteiger partial charge in [0.1, 0.15) is 0 Å². The molecule has 0 aliphatic carbocycles. The van der Waals surface area contributed by atoms with Crippen LogP contribution in [0.4, 0.5) is 5.69 Å². The quantitative estimate of drug-likeness (QED) is 0.181. The first-order valence-corrected chi connectivity index (χ1v) is 16.3. The molecule has 0 aliphatic rings.